The van der Waals surface area contributed by atoms with Gasteiger partial charge in [-0.2, -0.15) is 0 Å². The minimum Gasteiger partial charge on any atom is -0.508 e. The number of aromatic nitrogens is 2. The standard InChI is InChI=1S/C30H36N6O4S/c1-2-26(38)34-10-12-36(13-11-34)30(39)21-6-8-33(9-7-21)20-24-19-25-27(41-24)29(35-14-16-40-17-15-35)32-28(31-25)22-4-3-5-23(37)18-22/h2-5,18-19,21,37H,1,6-17,20H2. The van der Waals surface area contributed by atoms with Crippen molar-refractivity contribution in [3.8, 4) is 17.1 Å². The van der Waals surface area contributed by atoms with Crippen molar-refractivity contribution in [1.82, 2.24) is 24.7 Å². The fourth-order valence-electron chi connectivity index (χ4n) is 5.90. The van der Waals surface area contributed by atoms with Crippen LogP contribution in [0.5, 0.6) is 5.75 Å². The molecule has 41 heavy (non-hydrogen) atoms. The van der Waals surface area contributed by atoms with Crippen LogP contribution < -0.4 is 4.90 Å². The van der Waals surface area contributed by atoms with Crippen LogP contribution in [-0.4, -0.2) is 107 Å². The van der Waals surface area contributed by atoms with Gasteiger partial charge in [0.05, 0.1) is 23.4 Å². The Labute approximate surface area is 243 Å². The number of nitrogens with zero attached hydrogens (tertiary/aromatic N) is 6. The van der Waals surface area contributed by atoms with Crippen molar-refractivity contribution in [3.05, 3.63) is 47.9 Å². The number of ether oxygens (including phenoxy) is 1. The van der Waals surface area contributed by atoms with Crippen LogP contribution in [0.3, 0.4) is 0 Å². The quantitative estimate of drug-likeness (QED) is 0.447. The summed E-state index contributed by atoms with van der Waals surface area (Å²) in [4.78, 5) is 44.5. The van der Waals surface area contributed by atoms with Crippen molar-refractivity contribution in [2.75, 3.05) is 70.5 Å². The normalized spacial score (nSPS) is 19.1. The Morgan fingerprint density at radius 1 is 1.00 bits per heavy atom. The lowest BCUT2D eigenvalue weighted by molar-refractivity contribution is -0.141. The Bertz CT molecular complexity index is 1420. The van der Waals surface area contributed by atoms with Gasteiger partial charge in [-0.05, 0) is 50.2 Å². The molecule has 0 saturated carbocycles. The fraction of sp³-hybridized carbons (Fsp3) is 0.467. The summed E-state index contributed by atoms with van der Waals surface area (Å²) in [5.41, 5.74) is 1.70. The highest BCUT2D eigenvalue weighted by molar-refractivity contribution is 7.19. The molecule has 3 saturated heterocycles. The Morgan fingerprint density at radius 3 is 2.44 bits per heavy atom. The van der Waals surface area contributed by atoms with Gasteiger partial charge in [0.2, 0.25) is 11.8 Å². The van der Waals surface area contributed by atoms with E-state index in [0.717, 1.165) is 67.2 Å². The van der Waals surface area contributed by atoms with Gasteiger partial charge in [-0.25, -0.2) is 9.97 Å². The molecule has 3 fully saturated rings. The first kappa shape index (κ1) is 27.6. The number of fused-ring (bicyclic) bond motifs is 1. The van der Waals surface area contributed by atoms with E-state index in [-0.39, 0.29) is 23.5 Å². The maximum Gasteiger partial charge on any atom is 0.246 e. The number of rotatable bonds is 6. The van der Waals surface area contributed by atoms with Crippen LogP contribution in [0.2, 0.25) is 0 Å². The van der Waals surface area contributed by atoms with Crippen LogP contribution in [0.4, 0.5) is 5.82 Å². The largest absolute Gasteiger partial charge is 0.508 e. The maximum absolute atomic E-state index is 13.2. The summed E-state index contributed by atoms with van der Waals surface area (Å²) in [6.07, 6.45) is 3.03. The van der Waals surface area contributed by atoms with Crippen LogP contribution >= 0.6 is 11.3 Å². The van der Waals surface area contributed by atoms with Gasteiger partial charge in [-0.15, -0.1) is 11.3 Å². The first-order valence-corrected chi connectivity index (χ1v) is 15.1. The number of phenols is 1. The summed E-state index contributed by atoms with van der Waals surface area (Å²) in [5, 5.41) is 10.0. The van der Waals surface area contributed by atoms with E-state index in [1.54, 1.807) is 28.4 Å². The summed E-state index contributed by atoms with van der Waals surface area (Å²) in [6, 6.07) is 9.24. The van der Waals surface area contributed by atoms with E-state index >= 15 is 0 Å². The van der Waals surface area contributed by atoms with E-state index in [0.29, 0.717) is 45.2 Å². The van der Waals surface area contributed by atoms with Gasteiger partial charge >= 0.3 is 0 Å². The lowest BCUT2D eigenvalue weighted by Gasteiger charge is -2.38. The minimum atomic E-state index is -0.0646. The lowest BCUT2D eigenvalue weighted by Crippen LogP contribution is -2.52. The maximum atomic E-state index is 13.2. The Kier molecular flexibility index (Phi) is 8.18. The molecule has 5 heterocycles. The molecule has 2 aromatic heterocycles. The number of amides is 2. The Hall–Kier alpha value is -3.54. The molecular weight excluding hydrogens is 540 g/mol. The number of carbonyl (C=O) groups excluding carboxylic acids is 2. The van der Waals surface area contributed by atoms with Crippen LogP contribution in [0, 0.1) is 5.92 Å². The number of anilines is 1. The van der Waals surface area contributed by atoms with Crippen molar-refractivity contribution < 1.29 is 19.4 Å². The van der Waals surface area contributed by atoms with E-state index in [1.165, 1.54) is 11.0 Å². The number of benzene rings is 1. The van der Waals surface area contributed by atoms with Crippen molar-refractivity contribution in [2.24, 2.45) is 5.92 Å². The molecule has 11 heteroatoms. The van der Waals surface area contributed by atoms with Gasteiger partial charge in [0.15, 0.2) is 11.6 Å². The molecule has 0 radical (unpaired) electrons. The fourth-order valence-corrected chi connectivity index (χ4v) is 7.05. The Balaban J connectivity index is 1.13. The highest BCUT2D eigenvalue weighted by atomic mass is 32.1. The highest BCUT2D eigenvalue weighted by Crippen LogP contribution is 2.36. The number of morpholine rings is 1. The number of hydrogen-bond donors (Lipinski definition) is 1. The lowest BCUT2D eigenvalue weighted by atomic mass is 9.95. The van der Waals surface area contributed by atoms with Crippen molar-refractivity contribution in [3.63, 3.8) is 0 Å². The molecule has 1 aromatic carbocycles. The molecule has 3 aliphatic rings. The first-order valence-electron chi connectivity index (χ1n) is 14.3. The van der Waals surface area contributed by atoms with Gasteiger partial charge in [0.1, 0.15) is 5.75 Å². The third-order valence-electron chi connectivity index (χ3n) is 8.21. The summed E-state index contributed by atoms with van der Waals surface area (Å²) in [5.74, 6) is 1.92. The average Bonchev–Trinajstić information content (AvgIpc) is 3.43. The van der Waals surface area contributed by atoms with Crippen LogP contribution in [0.1, 0.15) is 17.7 Å². The molecule has 1 N–H and O–H groups in total. The number of aromatic hydroxyl groups is 1. The van der Waals surface area contributed by atoms with Gasteiger partial charge in [-0.1, -0.05) is 18.7 Å². The van der Waals surface area contributed by atoms with E-state index < -0.39 is 0 Å². The van der Waals surface area contributed by atoms with E-state index in [4.69, 9.17) is 14.7 Å². The molecule has 0 spiro atoms. The molecule has 3 aromatic rings. The zero-order valence-electron chi connectivity index (χ0n) is 23.2. The van der Waals surface area contributed by atoms with Gasteiger partial charge < -0.3 is 24.5 Å². The molecule has 6 rings (SSSR count). The molecule has 3 aliphatic heterocycles. The number of piperazine rings is 1. The zero-order chi connectivity index (χ0) is 28.3. The van der Waals surface area contributed by atoms with Gasteiger partial charge in [-0.3, -0.25) is 14.5 Å². The summed E-state index contributed by atoms with van der Waals surface area (Å²) in [7, 11) is 0. The second kappa shape index (κ2) is 12.1. The van der Waals surface area contributed by atoms with Crippen LogP contribution in [0.25, 0.3) is 21.6 Å². The number of hydrogen-bond acceptors (Lipinski definition) is 9. The van der Waals surface area contributed by atoms with E-state index in [9.17, 15) is 14.7 Å². The molecule has 0 aliphatic carbocycles. The summed E-state index contributed by atoms with van der Waals surface area (Å²) in [6.45, 7) is 11.3. The molecule has 0 atom stereocenters. The van der Waals surface area contributed by atoms with Crippen LogP contribution in [0.15, 0.2) is 43.0 Å². The SMILES string of the molecule is C=CC(=O)N1CCN(C(=O)C2CCN(Cc3cc4nc(-c5cccc(O)c5)nc(N5CCOCC5)c4s3)CC2)CC1. The minimum absolute atomic E-state index is 0.0407. The number of carbonyl (C=O) groups is 2. The van der Waals surface area contributed by atoms with Crippen molar-refractivity contribution in [1.29, 1.82) is 0 Å². The topological polar surface area (TPSA) is 102 Å². The number of likely N-dealkylation sites (tertiary alicyclic amines) is 1. The first-order chi connectivity index (χ1) is 20.0. The molecule has 10 nitrogen and oxygen atoms in total. The third kappa shape index (κ3) is 6.07. The predicted octanol–water partition coefficient (Wildman–Crippen LogP) is 2.97. The van der Waals surface area contributed by atoms with Crippen LogP contribution in [-0.2, 0) is 20.9 Å². The van der Waals surface area contributed by atoms with Gasteiger partial charge in [0.25, 0.3) is 0 Å². The molecule has 2 amide bonds. The number of thiophene rings is 1. The predicted molar refractivity (Wildman–Crippen MR) is 159 cm³/mol. The average molecular weight is 577 g/mol. The Morgan fingerprint density at radius 2 is 1.73 bits per heavy atom. The third-order valence-corrected chi connectivity index (χ3v) is 9.32. The second-order valence-electron chi connectivity index (χ2n) is 10.9. The summed E-state index contributed by atoms with van der Waals surface area (Å²) >= 11 is 1.74. The molecule has 0 unspecified atom stereocenters. The zero-order valence-corrected chi connectivity index (χ0v) is 24.0. The van der Waals surface area contributed by atoms with Crippen molar-refractivity contribution in [2.45, 2.75) is 19.4 Å². The monoisotopic (exact) mass is 576 g/mol. The smallest absolute Gasteiger partial charge is 0.246 e. The molecule has 216 valence electrons. The van der Waals surface area contributed by atoms with Gasteiger partial charge in [0, 0.05) is 62.2 Å². The molecule has 0 bridgehead atoms. The van der Waals surface area contributed by atoms with Crippen molar-refractivity contribution >= 4 is 39.2 Å². The van der Waals surface area contributed by atoms with E-state index in [2.05, 4.69) is 22.4 Å². The highest BCUT2D eigenvalue weighted by Gasteiger charge is 2.31. The molecular formula is C30H36N6O4S. The second-order valence-corrected chi connectivity index (χ2v) is 12.0. The summed E-state index contributed by atoms with van der Waals surface area (Å²) < 4.78 is 6.66. The van der Waals surface area contributed by atoms with E-state index in [1.807, 2.05) is 17.0 Å². The number of phenolic OH excluding ortho intramolecular Hbond substituents is 1. The number of piperidine rings is 1.